The molecule has 0 N–H and O–H groups in total. The summed E-state index contributed by atoms with van der Waals surface area (Å²) >= 11 is 5.86. The Morgan fingerprint density at radius 1 is 1.31 bits per heavy atom. The summed E-state index contributed by atoms with van der Waals surface area (Å²) in [7, 11) is 0. The van der Waals surface area contributed by atoms with Gasteiger partial charge in [0, 0.05) is 31.6 Å². The van der Waals surface area contributed by atoms with E-state index in [-0.39, 0.29) is 0 Å². The lowest BCUT2D eigenvalue weighted by molar-refractivity contribution is -0.119. The summed E-state index contributed by atoms with van der Waals surface area (Å²) in [6, 6.07) is 7.45. The monoisotopic (exact) mass is 234 g/mol. The highest BCUT2D eigenvalue weighted by Crippen LogP contribution is 2.24. The van der Waals surface area contributed by atoms with Gasteiger partial charge in [-0.3, -0.25) is 4.79 Å². The number of halogens is 1. The third kappa shape index (κ3) is 2.17. The van der Waals surface area contributed by atoms with Crippen LogP contribution in [0.3, 0.4) is 0 Å². The van der Waals surface area contributed by atoms with E-state index < -0.39 is 0 Å². The molecule has 0 aliphatic carbocycles. The molecule has 4 heteroatoms. The van der Waals surface area contributed by atoms with Gasteiger partial charge in [-0.25, -0.2) is 0 Å². The fraction of sp³-hybridized carbons (Fsp3) is 0.333. The fourth-order valence-corrected chi connectivity index (χ4v) is 1.97. The molecule has 0 atom stereocenters. The van der Waals surface area contributed by atoms with Crippen molar-refractivity contribution in [2.45, 2.75) is 12.8 Å². The van der Waals surface area contributed by atoms with Crippen molar-refractivity contribution < 1.29 is 4.79 Å². The maximum absolute atomic E-state index is 11.1. The summed E-state index contributed by atoms with van der Waals surface area (Å²) in [6.07, 6.45) is 1.18. The number of piperidine rings is 1. The number of carbonyl (C=O) groups is 1. The highest BCUT2D eigenvalue weighted by Gasteiger charge is 2.17. The number of carbonyl (C=O) groups excluding carboxylic acids is 1. The fourth-order valence-electron chi connectivity index (χ4n) is 1.81. The number of anilines is 1. The highest BCUT2D eigenvalue weighted by atomic mass is 35.5. The van der Waals surface area contributed by atoms with Gasteiger partial charge in [-0.1, -0.05) is 11.6 Å². The number of hydrogen-bond acceptors (Lipinski definition) is 3. The average molecular weight is 235 g/mol. The van der Waals surface area contributed by atoms with E-state index in [4.69, 9.17) is 16.9 Å². The minimum atomic E-state index is 0.311. The van der Waals surface area contributed by atoms with Gasteiger partial charge in [0.15, 0.2) is 0 Å². The molecule has 1 heterocycles. The predicted octanol–water partition coefficient (Wildman–Crippen LogP) is 2.38. The van der Waals surface area contributed by atoms with Gasteiger partial charge in [0.05, 0.1) is 10.6 Å². The first-order valence-corrected chi connectivity index (χ1v) is 5.55. The molecule has 0 spiro atoms. The average Bonchev–Trinajstić information content (AvgIpc) is 2.31. The van der Waals surface area contributed by atoms with Crippen LogP contribution in [0.5, 0.6) is 0 Å². The minimum absolute atomic E-state index is 0.311. The lowest BCUT2D eigenvalue weighted by atomic mass is 10.1. The number of benzene rings is 1. The number of nitrogens with zero attached hydrogens (tertiary/aromatic N) is 2. The summed E-state index contributed by atoms with van der Waals surface area (Å²) in [5.41, 5.74) is 1.45. The molecule has 2 rings (SSSR count). The molecule has 1 fully saturated rings. The normalized spacial score (nSPS) is 16.0. The van der Waals surface area contributed by atoms with Crippen LogP contribution in [0.1, 0.15) is 18.4 Å². The van der Waals surface area contributed by atoms with Crippen LogP contribution in [0.25, 0.3) is 0 Å². The molecule has 1 aliphatic heterocycles. The van der Waals surface area contributed by atoms with Crippen LogP contribution in [0.4, 0.5) is 5.69 Å². The summed E-state index contributed by atoms with van der Waals surface area (Å²) < 4.78 is 0. The maximum atomic E-state index is 11.1. The summed E-state index contributed by atoms with van der Waals surface area (Å²) in [6.45, 7) is 1.46. The molecule has 0 aromatic heterocycles. The van der Waals surface area contributed by atoms with Gasteiger partial charge in [0.1, 0.15) is 11.9 Å². The van der Waals surface area contributed by atoms with Crippen molar-refractivity contribution in [1.82, 2.24) is 0 Å². The Morgan fingerprint density at radius 2 is 2.00 bits per heavy atom. The Labute approximate surface area is 99.2 Å². The zero-order valence-electron chi connectivity index (χ0n) is 8.74. The van der Waals surface area contributed by atoms with Gasteiger partial charge >= 0.3 is 0 Å². The lowest BCUT2D eigenvalue weighted by Crippen LogP contribution is -2.33. The van der Waals surface area contributed by atoms with Crippen LogP contribution in [-0.2, 0) is 4.79 Å². The van der Waals surface area contributed by atoms with E-state index in [9.17, 15) is 4.79 Å². The first-order valence-electron chi connectivity index (χ1n) is 5.17. The molecular formula is C12H11ClN2O. The molecule has 0 unspecified atom stereocenters. The van der Waals surface area contributed by atoms with Crippen LogP contribution < -0.4 is 4.90 Å². The number of rotatable bonds is 1. The second-order valence-electron chi connectivity index (χ2n) is 3.80. The van der Waals surface area contributed by atoms with E-state index in [1.807, 2.05) is 6.07 Å². The van der Waals surface area contributed by atoms with E-state index in [1.54, 1.807) is 12.1 Å². The number of ketones is 1. The van der Waals surface area contributed by atoms with Gasteiger partial charge in [0.2, 0.25) is 0 Å². The van der Waals surface area contributed by atoms with Crippen molar-refractivity contribution in [3.05, 3.63) is 28.8 Å². The van der Waals surface area contributed by atoms with Gasteiger partial charge < -0.3 is 4.90 Å². The van der Waals surface area contributed by atoms with Crippen LogP contribution in [-0.4, -0.2) is 18.9 Å². The number of Topliss-reactive ketones (excluding diaryl/α,β-unsaturated/α-hetero) is 1. The second-order valence-corrected chi connectivity index (χ2v) is 4.21. The molecule has 1 aliphatic rings. The van der Waals surface area contributed by atoms with E-state index in [2.05, 4.69) is 11.0 Å². The summed E-state index contributed by atoms with van der Waals surface area (Å²) in [5.74, 6) is 0.311. The summed E-state index contributed by atoms with van der Waals surface area (Å²) in [5, 5.41) is 9.35. The van der Waals surface area contributed by atoms with E-state index in [1.165, 1.54) is 0 Å². The predicted molar refractivity (Wildman–Crippen MR) is 62.6 cm³/mol. The Kier molecular flexibility index (Phi) is 3.12. The molecule has 0 amide bonds. The minimum Gasteiger partial charge on any atom is -0.371 e. The van der Waals surface area contributed by atoms with E-state index in [0.717, 1.165) is 18.8 Å². The Hall–Kier alpha value is -1.53. The third-order valence-electron chi connectivity index (χ3n) is 2.76. The molecule has 82 valence electrons. The number of hydrogen-bond donors (Lipinski definition) is 0. The van der Waals surface area contributed by atoms with Gasteiger partial charge in [-0.05, 0) is 18.2 Å². The molecule has 3 nitrogen and oxygen atoms in total. The van der Waals surface area contributed by atoms with Crippen LogP contribution >= 0.6 is 11.6 Å². The molecule has 1 saturated heterocycles. The zero-order chi connectivity index (χ0) is 11.5. The van der Waals surface area contributed by atoms with Crippen molar-refractivity contribution in [2.75, 3.05) is 18.0 Å². The van der Waals surface area contributed by atoms with E-state index in [0.29, 0.717) is 29.2 Å². The molecule has 1 aromatic carbocycles. The number of nitriles is 1. The third-order valence-corrected chi connectivity index (χ3v) is 3.09. The standard InChI is InChI=1S/C12H11ClN2O/c13-12-2-1-10(7-9(12)8-14)15-5-3-11(16)4-6-15/h1-2,7H,3-6H2. The topological polar surface area (TPSA) is 44.1 Å². The van der Waals surface area contributed by atoms with Crippen LogP contribution in [0.15, 0.2) is 18.2 Å². The largest absolute Gasteiger partial charge is 0.371 e. The van der Waals surface area contributed by atoms with Crippen molar-refractivity contribution in [3.63, 3.8) is 0 Å². The molecule has 16 heavy (non-hydrogen) atoms. The quantitative estimate of drug-likeness (QED) is 0.750. The van der Waals surface area contributed by atoms with Crippen LogP contribution in [0.2, 0.25) is 5.02 Å². The SMILES string of the molecule is N#Cc1cc(N2CCC(=O)CC2)ccc1Cl. The first kappa shape index (κ1) is 11.0. The van der Waals surface area contributed by atoms with E-state index >= 15 is 0 Å². The smallest absolute Gasteiger partial charge is 0.136 e. The molecule has 0 bridgehead atoms. The first-order chi connectivity index (χ1) is 7.70. The van der Waals surface area contributed by atoms with Gasteiger partial charge in [-0.2, -0.15) is 5.26 Å². The summed E-state index contributed by atoms with van der Waals surface area (Å²) in [4.78, 5) is 13.2. The van der Waals surface area contributed by atoms with Crippen molar-refractivity contribution in [2.24, 2.45) is 0 Å². The Balaban J connectivity index is 2.21. The Morgan fingerprint density at radius 3 is 2.62 bits per heavy atom. The molecule has 1 aromatic rings. The highest BCUT2D eigenvalue weighted by molar-refractivity contribution is 6.31. The van der Waals surface area contributed by atoms with Gasteiger partial charge in [0.25, 0.3) is 0 Å². The Bertz CT molecular complexity index is 455. The van der Waals surface area contributed by atoms with Crippen molar-refractivity contribution >= 4 is 23.1 Å². The molecule has 0 radical (unpaired) electrons. The lowest BCUT2D eigenvalue weighted by Gasteiger charge is -2.28. The van der Waals surface area contributed by atoms with Gasteiger partial charge in [-0.15, -0.1) is 0 Å². The van der Waals surface area contributed by atoms with Crippen LogP contribution in [0, 0.1) is 11.3 Å². The maximum Gasteiger partial charge on any atom is 0.136 e. The second kappa shape index (κ2) is 4.54. The van der Waals surface area contributed by atoms with Crippen molar-refractivity contribution in [3.8, 4) is 6.07 Å². The molecular weight excluding hydrogens is 224 g/mol. The molecule has 0 saturated carbocycles. The zero-order valence-corrected chi connectivity index (χ0v) is 9.50. The van der Waals surface area contributed by atoms with Crippen molar-refractivity contribution in [1.29, 1.82) is 5.26 Å².